The van der Waals surface area contributed by atoms with Crippen molar-refractivity contribution in [2.24, 2.45) is 0 Å². The maximum absolute atomic E-state index is 13.6. The number of halogens is 1. The van der Waals surface area contributed by atoms with Crippen LogP contribution < -0.4 is 10.1 Å². The number of nitrogens with one attached hydrogen (secondary N) is 1. The molecule has 0 unspecified atom stereocenters. The number of hydrogen-bond donors (Lipinski definition) is 1. The first kappa shape index (κ1) is 19.1. The van der Waals surface area contributed by atoms with Crippen LogP contribution in [0.2, 0.25) is 0 Å². The fourth-order valence-corrected chi connectivity index (χ4v) is 2.93. The fraction of sp³-hybridized carbons (Fsp3) is 0.529. The molecule has 25 heavy (non-hydrogen) atoms. The van der Waals surface area contributed by atoms with Crippen molar-refractivity contribution < 1.29 is 28.2 Å². The minimum atomic E-state index is -0.941. The van der Waals surface area contributed by atoms with E-state index in [1.54, 1.807) is 0 Å². The number of benzene rings is 1. The molecule has 0 bridgehead atoms. The molecule has 1 aliphatic heterocycles. The van der Waals surface area contributed by atoms with Gasteiger partial charge in [0.2, 0.25) is 5.91 Å². The van der Waals surface area contributed by atoms with Crippen molar-refractivity contribution in [3.63, 3.8) is 0 Å². The van der Waals surface area contributed by atoms with Crippen LogP contribution in [-0.2, 0) is 14.3 Å². The van der Waals surface area contributed by atoms with E-state index in [0.29, 0.717) is 12.3 Å². The summed E-state index contributed by atoms with van der Waals surface area (Å²) in [7, 11) is 4.46. The first-order chi connectivity index (χ1) is 11.9. The summed E-state index contributed by atoms with van der Waals surface area (Å²) >= 11 is 0. The van der Waals surface area contributed by atoms with Crippen LogP contribution in [0.15, 0.2) is 18.2 Å². The van der Waals surface area contributed by atoms with Crippen molar-refractivity contribution in [3.05, 3.63) is 29.6 Å². The second-order valence-corrected chi connectivity index (χ2v) is 5.89. The molecule has 1 atom stereocenters. The van der Waals surface area contributed by atoms with Gasteiger partial charge < -0.3 is 24.4 Å². The zero-order valence-electron chi connectivity index (χ0n) is 14.6. The minimum Gasteiger partial charge on any atom is -0.496 e. The highest BCUT2D eigenvalue weighted by molar-refractivity contribution is 5.97. The summed E-state index contributed by atoms with van der Waals surface area (Å²) in [5, 5.41) is 2.55. The maximum atomic E-state index is 13.6. The topological polar surface area (TPSA) is 77.1 Å². The molecule has 1 saturated heterocycles. The van der Waals surface area contributed by atoms with Crippen molar-refractivity contribution in [1.82, 2.24) is 10.2 Å². The van der Waals surface area contributed by atoms with E-state index in [4.69, 9.17) is 14.2 Å². The van der Waals surface area contributed by atoms with E-state index >= 15 is 0 Å². The largest absolute Gasteiger partial charge is 0.496 e. The number of ether oxygens (including phenoxy) is 3. The average Bonchev–Trinajstić information content (AvgIpc) is 2.61. The number of amides is 2. The van der Waals surface area contributed by atoms with E-state index < -0.39 is 11.4 Å². The Balaban J connectivity index is 2.25. The Kier molecular flexibility index (Phi) is 6.33. The number of carbonyl (C=O) groups is 2. The minimum absolute atomic E-state index is 0.0570. The Hall–Kier alpha value is -2.19. The molecule has 0 aliphatic carbocycles. The number of carbonyl (C=O) groups excluding carboxylic acids is 2. The Morgan fingerprint density at radius 2 is 2.16 bits per heavy atom. The van der Waals surface area contributed by atoms with Gasteiger partial charge in [0.25, 0.3) is 5.91 Å². The number of rotatable bonds is 6. The molecule has 1 N–H and O–H groups in total. The lowest BCUT2D eigenvalue weighted by atomic mass is 9.96. The van der Waals surface area contributed by atoms with Crippen LogP contribution in [0.3, 0.4) is 0 Å². The van der Waals surface area contributed by atoms with Gasteiger partial charge in [-0.3, -0.25) is 9.59 Å². The van der Waals surface area contributed by atoms with E-state index in [0.717, 1.165) is 6.07 Å². The Bertz CT molecular complexity index is 635. The van der Waals surface area contributed by atoms with Gasteiger partial charge in [-0.25, -0.2) is 4.39 Å². The fourth-order valence-electron chi connectivity index (χ4n) is 2.93. The van der Waals surface area contributed by atoms with Gasteiger partial charge in [0, 0.05) is 20.7 Å². The molecule has 0 radical (unpaired) electrons. The van der Waals surface area contributed by atoms with Crippen molar-refractivity contribution in [3.8, 4) is 5.75 Å². The number of hydrogen-bond acceptors (Lipinski definition) is 5. The van der Waals surface area contributed by atoms with Crippen LogP contribution >= 0.6 is 0 Å². The third-order valence-corrected chi connectivity index (χ3v) is 4.10. The van der Waals surface area contributed by atoms with Gasteiger partial charge in [-0.05, 0) is 18.2 Å². The lowest BCUT2D eigenvalue weighted by Gasteiger charge is -2.42. The zero-order chi connectivity index (χ0) is 18.4. The van der Waals surface area contributed by atoms with Crippen molar-refractivity contribution >= 4 is 11.8 Å². The van der Waals surface area contributed by atoms with E-state index in [1.165, 1.54) is 38.3 Å². The second-order valence-electron chi connectivity index (χ2n) is 5.89. The quantitative estimate of drug-likeness (QED) is 0.819. The molecule has 1 heterocycles. The molecule has 0 saturated carbocycles. The van der Waals surface area contributed by atoms with Gasteiger partial charge in [-0.1, -0.05) is 0 Å². The molecule has 0 aromatic heterocycles. The van der Waals surface area contributed by atoms with Gasteiger partial charge in [0.15, 0.2) is 0 Å². The van der Waals surface area contributed by atoms with Gasteiger partial charge >= 0.3 is 0 Å². The second kappa shape index (κ2) is 8.26. The predicted octanol–water partition coefficient (Wildman–Crippen LogP) is 0.828. The van der Waals surface area contributed by atoms with Crippen LogP contribution in [0, 0.1) is 5.82 Å². The summed E-state index contributed by atoms with van der Waals surface area (Å²) in [4.78, 5) is 26.2. The smallest absolute Gasteiger partial charge is 0.257 e. The van der Waals surface area contributed by atoms with E-state index in [1.807, 2.05) is 0 Å². The van der Waals surface area contributed by atoms with E-state index in [9.17, 15) is 14.0 Å². The third-order valence-electron chi connectivity index (χ3n) is 4.10. The third kappa shape index (κ3) is 4.46. The van der Waals surface area contributed by atoms with Crippen LogP contribution in [0.25, 0.3) is 0 Å². The molecule has 1 aliphatic rings. The first-order valence-electron chi connectivity index (χ1n) is 7.91. The summed E-state index contributed by atoms with van der Waals surface area (Å²) in [5.41, 5.74) is -0.806. The SMILES string of the molecule is CNC(=O)C[C@@]1(COC)CN(C(=O)c2cc(F)ccc2OC)CCO1. The van der Waals surface area contributed by atoms with Crippen LogP contribution in [0.5, 0.6) is 5.75 Å². The normalized spacial score (nSPS) is 20.2. The molecule has 1 aromatic rings. The summed E-state index contributed by atoms with van der Waals surface area (Å²) in [5.74, 6) is -0.820. The molecule has 8 heteroatoms. The van der Waals surface area contributed by atoms with Crippen molar-refractivity contribution in [1.29, 1.82) is 0 Å². The van der Waals surface area contributed by atoms with Crippen molar-refractivity contribution in [2.45, 2.75) is 12.0 Å². The molecule has 1 fully saturated rings. The molecule has 1 aromatic carbocycles. The average molecular weight is 354 g/mol. The summed E-state index contributed by atoms with van der Waals surface area (Å²) in [6, 6.07) is 3.79. The zero-order valence-corrected chi connectivity index (χ0v) is 14.6. The molecular formula is C17H23FN2O5. The van der Waals surface area contributed by atoms with Crippen LogP contribution in [0.4, 0.5) is 4.39 Å². The van der Waals surface area contributed by atoms with Gasteiger partial charge in [-0.2, -0.15) is 0 Å². The number of morpholine rings is 1. The lowest BCUT2D eigenvalue weighted by Crippen LogP contribution is -2.57. The molecule has 7 nitrogen and oxygen atoms in total. The molecule has 2 rings (SSSR count). The Morgan fingerprint density at radius 3 is 2.80 bits per heavy atom. The van der Waals surface area contributed by atoms with Gasteiger partial charge in [0.05, 0.1) is 38.9 Å². The van der Waals surface area contributed by atoms with Crippen LogP contribution in [-0.4, -0.2) is 69.9 Å². The molecule has 2 amide bonds. The maximum Gasteiger partial charge on any atom is 0.257 e. The Labute approximate surface area is 146 Å². The highest BCUT2D eigenvalue weighted by Crippen LogP contribution is 2.27. The first-order valence-corrected chi connectivity index (χ1v) is 7.91. The summed E-state index contributed by atoms with van der Waals surface area (Å²) < 4.78 is 29.7. The molecule has 0 spiro atoms. The standard InChI is InChI=1S/C17H23FN2O5/c1-19-15(21)9-17(11-23-2)10-20(6-7-25-17)16(22)13-8-12(18)4-5-14(13)24-3/h4-5,8H,6-7,9-11H2,1-3H3,(H,19,21)/t17-/m0/s1. The van der Waals surface area contributed by atoms with Gasteiger partial charge in [0.1, 0.15) is 17.2 Å². The molecule has 138 valence electrons. The van der Waals surface area contributed by atoms with E-state index in [2.05, 4.69) is 5.32 Å². The van der Waals surface area contributed by atoms with Crippen molar-refractivity contribution in [2.75, 3.05) is 47.6 Å². The monoisotopic (exact) mass is 354 g/mol. The molecular weight excluding hydrogens is 331 g/mol. The Morgan fingerprint density at radius 1 is 1.40 bits per heavy atom. The summed E-state index contributed by atoms with van der Waals surface area (Å²) in [6.45, 7) is 0.901. The number of nitrogens with zero attached hydrogens (tertiary/aromatic N) is 1. The lowest BCUT2D eigenvalue weighted by molar-refractivity contribution is -0.150. The highest BCUT2D eigenvalue weighted by Gasteiger charge is 2.41. The van der Waals surface area contributed by atoms with E-state index in [-0.39, 0.29) is 43.6 Å². The van der Waals surface area contributed by atoms with Gasteiger partial charge in [-0.15, -0.1) is 0 Å². The van der Waals surface area contributed by atoms with Crippen LogP contribution in [0.1, 0.15) is 16.8 Å². The number of methoxy groups -OCH3 is 2. The highest BCUT2D eigenvalue weighted by atomic mass is 19.1. The predicted molar refractivity (Wildman–Crippen MR) is 88.1 cm³/mol. The summed E-state index contributed by atoms with van der Waals surface area (Å²) in [6.07, 6.45) is 0.0570.